The Kier molecular flexibility index (Phi) is 5.59. The molecule has 1 fully saturated rings. The van der Waals surface area contributed by atoms with E-state index in [4.69, 9.17) is 4.74 Å². The third kappa shape index (κ3) is 4.97. The summed E-state index contributed by atoms with van der Waals surface area (Å²) in [4.78, 5) is 14.2. The predicted molar refractivity (Wildman–Crippen MR) is 98.0 cm³/mol. The van der Waals surface area contributed by atoms with Crippen molar-refractivity contribution in [1.82, 2.24) is 10.2 Å². The lowest BCUT2D eigenvalue weighted by molar-refractivity contribution is 0.00132. The minimum absolute atomic E-state index is 0.00179. The summed E-state index contributed by atoms with van der Waals surface area (Å²) in [5.41, 5.74) is 0.846. The number of benzene rings is 1. The summed E-state index contributed by atoms with van der Waals surface area (Å²) >= 11 is 0. The van der Waals surface area contributed by atoms with E-state index in [1.165, 1.54) is 5.56 Å². The number of likely N-dealkylation sites (tertiary alicyclic amines) is 1. The number of ether oxygens (including phenoxy) is 1. The molecule has 4 heteroatoms. The summed E-state index contributed by atoms with van der Waals surface area (Å²) in [6.45, 7) is 13.8. The largest absolute Gasteiger partial charge is 0.444 e. The Morgan fingerprint density at radius 3 is 2.46 bits per heavy atom. The summed E-state index contributed by atoms with van der Waals surface area (Å²) < 4.78 is 5.52. The Balaban J connectivity index is 1.97. The van der Waals surface area contributed by atoms with Crippen LogP contribution < -0.4 is 5.32 Å². The highest BCUT2D eigenvalue weighted by Crippen LogP contribution is 2.32. The number of hydrogen-bond donors (Lipinski definition) is 1. The maximum absolute atomic E-state index is 12.3. The standard InChI is InChI=1S/C20H32N2O2/c1-15(16-10-8-7-9-11-16)21-17-12-13-22(14-20(17,5)6)18(23)24-19(2,3)4/h7-11,15,17,21H,12-14H2,1-6H3/t15-,17-/m0/s1. The van der Waals surface area contributed by atoms with E-state index in [1.54, 1.807) is 0 Å². The molecule has 0 aliphatic carbocycles. The fourth-order valence-corrected chi connectivity index (χ4v) is 3.29. The van der Waals surface area contributed by atoms with Crippen LogP contribution in [-0.4, -0.2) is 35.7 Å². The van der Waals surface area contributed by atoms with E-state index in [0.29, 0.717) is 18.6 Å². The van der Waals surface area contributed by atoms with Gasteiger partial charge in [-0.15, -0.1) is 0 Å². The average molecular weight is 332 g/mol. The molecule has 1 amide bonds. The van der Waals surface area contributed by atoms with E-state index in [-0.39, 0.29) is 11.5 Å². The van der Waals surface area contributed by atoms with Crippen molar-refractivity contribution in [3.05, 3.63) is 35.9 Å². The molecule has 1 saturated heterocycles. The number of carbonyl (C=O) groups excluding carboxylic acids is 1. The van der Waals surface area contributed by atoms with Gasteiger partial charge in [0.1, 0.15) is 5.60 Å². The minimum atomic E-state index is -0.446. The lowest BCUT2D eigenvalue weighted by Crippen LogP contribution is -2.56. The summed E-state index contributed by atoms with van der Waals surface area (Å²) in [5, 5.41) is 3.75. The van der Waals surface area contributed by atoms with Gasteiger partial charge in [0, 0.05) is 25.2 Å². The van der Waals surface area contributed by atoms with E-state index >= 15 is 0 Å². The first-order valence-corrected chi connectivity index (χ1v) is 8.87. The van der Waals surface area contributed by atoms with Crippen molar-refractivity contribution >= 4 is 6.09 Å². The Bertz CT molecular complexity index is 549. The van der Waals surface area contributed by atoms with Gasteiger partial charge in [-0.3, -0.25) is 0 Å². The van der Waals surface area contributed by atoms with Gasteiger partial charge in [0.05, 0.1) is 0 Å². The molecule has 24 heavy (non-hydrogen) atoms. The van der Waals surface area contributed by atoms with Gasteiger partial charge >= 0.3 is 6.09 Å². The SMILES string of the molecule is C[C@H](N[C@H]1CCN(C(=O)OC(C)(C)C)CC1(C)C)c1ccccc1. The van der Waals surface area contributed by atoms with Gasteiger partial charge in [-0.2, -0.15) is 0 Å². The lowest BCUT2D eigenvalue weighted by atomic mass is 9.78. The van der Waals surface area contributed by atoms with Crippen LogP contribution >= 0.6 is 0 Å². The molecule has 0 saturated carbocycles. The molecule has 1 heterocycles. The van der Waals surface area contributed by atoms with Gasteiger partial charge in [0.2, 0.25) is 0 Å². The number of nitrogens with zero attached hydrogens (tertiary/aromatic N) is 1. The van der Waals surface area contributed by atoms with Crippen molar-refractivity contribution in [1.29, 1.82) is 0 Å². The topological polar surface area (TPSA) is 41.6 Å². The van der Waals surface area contributed by atoms with Gasteiger partial charge in [-0.05, 0) is 45.1 Å². The predicted octanol–water partition coefficient (Wildman–Crippen LogP) is 4.37. The molecule has 2 rings (SSSR count). The van der Waals surface area contributed by atoms with Crippen LogP contribution in [0.3, 0.4) is 0 Å². The summed E-state index contributed by atoms with van der Waals surface area (Å²) in [6.07, 6.45) is 0.730. The Hall–Kier alpha value is -1.55. The molecule has 134 valence electrons. The van der Waals surface area contributed by atoms with Gasteiger partial charge < -0.3 is 15.0 Å². The van der Waals surface area contributed by atoms with Crippen LogP contribution in [-0.2, 0) is 4.74 Å². The molecular formula is C20H32N2O2. The number of hydrogen-bond acceptors (Lipinski definition) is 3. The van der Waals surface area contributed by atoms with Crippen LogP contribution in [0.15, 0.2) is 30.3 Å². The van der Waals surface area contributed by atoms with Gasteiger partial charge in [0.25, 0.3) is 0 Å². The summed E-state index contributed by atoms with van der Waals surface area (Å²) in [5.74, 6) is 0. The molecule has 1 aliphatic rings. The smallest absolute Gasteiger partial charge is 0.410 e. The monoisotopic (exact) mass is 332 g/mol. The maximum atomic E-state index is 12.3. The first kappa shape index (κ1) is 18.8. The highest BCUT2D eigenvalue weighted by Gasteiger charge is 2.39. The van der Waals surface area contributed by atoms with Crippen molar-refractivity contribution in [2.75, 3.05) is 13.1 Å². The van der Waals surface area contributed by atoms with Crippen molar-refractivity contribution in [3.8, 4) is 0 Å². The molecule has 1 N–H and O–H groups in total. The maximum Gasteiger partial charge on any atom is 0.410 e. The molecule has 2 atom stereocenters. The third-order valence-electron chi connectivity index (χ3n) is 4.63. The quantitative estimate of drug-likeness (QED) is 0.893. The van der Waals surface area contributed by atoms with E-state index in [2.05, 4.69) is 50.4 Å². The van der Waals surface area contributed by atoms with Crippen LogP contribution in [0.2, 0.25) is 0 Å². The molecule has 1 aliphatic heterocycles. The molecule has 0 unspecified atom stereocenters. The van der Waals surface area contributed by atoms with E-state index < -0.39 is 5.60 Å². The van der Waals surface area contributed by atoms with Crippen molar-refractivity contribution < 1.29 is 9.53 Å². The molecule has 0 radical (unpaired) electrons. The number of carbonyl (C=O) groups is 1. The summed E-state index contributed by atoms with van der Waals surface area (Å²) in [7, 11) is 0. The molecular weight excluding hydrogens is 300 g/mol. The Labute approximate surface area is 146 Å². The second kappa shape index (κ2) is 7.14. The number of nitrogens with one attached hydrogen (secondary N) is 1. The van der Waals surface area contributed by atoms with Crippen LogP contribution in [0.4, 0.5) is 4.79 Å². The molecule has 0 bridgehead atoms. The van der Waals surface area contributed by atoms with E-state index in [1.807, 2.05) is 31.7 Å². The lowest BCUT2D eigenvalue weighted by Gasteiger charge is -2.45. The van der Waals surface area contributed by atoms with Gasteiger partial charge in [0.15, 0.2) is 0 Å². The highest BCUT2D eigenvalue weighted by atomic mass is 16.6. The first-order valence-electron chi connectivity index (χ1n) is 8.87. The molecule has 1 aromatic carbocycles. The molecule has 1 aromatic rings. The van der Waals surface area contributed by atoms with Crippen molar-refractivity contribution in [2.24, 2.45) is 5.41 Å². The summed E-state index contributed by atoms with van der Waals surface area (Å²) in [6, 6.07) is 11.2. The third-order valence-corrected chi connectivity index (χ3v) is 4.63. The van der Waals surface area contributed by atoms with Crippen LogP contribution in [0.25, 0.3) is 0 Å². The molecule has 0 spiro atoms. The van der Waals surface area contributed by atoms with Crippen LogP contribution in [0, 0.1) is 5.41 Å². The minimum Gasteiger partial charge on any atom is -0.444 e. The van der Waals surface area contributed by atoms with Gasteiger partial charge in [-0.25, -0.2) is 4.79 Å². The normalized spacial score (nSPS) is 22.1. The zero-order valence-electron chi connectivity index (χ0n) is 15.9. The second-order valence-corrected chi connectivity index (χ2v) is 8.53. The Morgan fingerprint density at radius 2 is 1.92 bits per heavy atom. The second-order valence-electron chi connectivity index (χ2n) is 8.53. The number of amides is 1. The Morgan fingerprint density at radius 1 is 1.29 bits per heavy atom. The average Bonchev–Trinajstić information content (AvgIpc) is 2.48. The highest BCUT2D eigenvalue weighted by molar-refractivity contribution is 5.68. The fourth-order valence-electron chi connectivity index (χ4n) is 3.29. The molecule has 0 aromatic heterocycles. The first-order chi connectivity index (χ1) is 11.1. The number of piperidine rings is 1. The fraction of sp³-hybridized carbons (Fsp3) is 0.650. The van der Waals surface area contributed by atoms with E-state index in [9.17, 15) is 4.79 Å². The van der Waals surface area contributed by atoms with Gasteiger partial charge in [-0.1, -0.05) is 44.2 Å². The van der Waals surface area contributed by atoms with Crippen LogP contribution in [0.1, 0.15) is 59.6 Å². The van der Waals surface area contributed by atoms with E-state index in [0.717, 1.165) is 13.0 Å². The molecule has 4 nitrogen and oxygen atoms in total. The zero-order chi connectivity index (χ0) is 18.0. The van der Waals surface area contributed by atoms with Crippen LogP contribution in [0.5, 0.6) is 0 Å². The van der Waals surface area contributed by atoms with Crippen molar-refractivity contribution in [3.63, 3.8) is 0 Å². The van der Waals surface area contributed by atoms with Crippen molar-refractivity contribution in [2.45, 2.75) is 65.6 Å². The number of rotatable bonds is 3. The zero-order valence-corrected chi connectivity index (χ0v) is 15.9.